The number of nitrogens with one attached hydrogen (secondary N) is 1. The Bertz CT molecular complexity index is 236. The van der Waals surface area contributed by atoms with Crippen LogP contribution in [0.25, 0.3) is 0 Å². The van der Waals surface area contributed by atoms with Crippen LogP contribution in [0.3, 0.4) is 0 Å². The standard InChI is InChI=1S/C13H24N2O/c1-11-7-9-15(10-11)13(16)6-5-12-4-2-3-8-14-12/h11-12,14H,2-10H2,1H3. The molecule has 0 radical (unpaired) electrons. The van der Waals surface area contributed by atoms with Crippen LogP contribution in [0.4, 0.5) is 0 Å². The molecule has 2 fully saturated rings. The molecule has 2 aliphatic rings. The molecule has 2 aliphatic heterocycles. The molecule has 2 unspecified atom stereocenters. The lowest BCUT2D eigenvalue weighted by molar-refractivity contribution is -0.130. The Balaban J connectivity index is 1.67. The Morgan fingerprint density at radius 3 is 2.88 bits per heavy atom. The molecule has 0 aromatic heterocycles. The molecule has 2 saturated heterocycles. The van der Waals surface area contributed by atoms with E-state index in [0.29, 0.717) is 17.9 Å². The highest BCUT2D eigenvalue weighted by Gasteiger charge is 2.23. The summed E-state index contributed by atoms with van der Waals surface area (Å²) in [7, 11) is 0. The monoisotopic (exact) mass is 224 g/mol. The van der Waals surface area contributed by atoms with E-state index in [9.17, 15) is 4.79 Å². The van der Waals surface area contributed by atoms with Gasteiger partial charge in [-0.05, 0) is 38.1 Å². The first-order chi connectivity index (χ1) is 7.75. The Morgan fingerprint density at radius 2 is 2.25 bits per heavy atom. The number of carbonyl (C=O) groups excluding carboxylic acids is 1. The number of carbonyl (C=O) groups is 1. The third-order valence-corrected chi connectivity index (χ3v) is 3.90. The summed E-state index contributed by atoms with van der Waals surface area (Å²) in [6.07, 6.45) is 6.84. The zero-order valence-corrected chi connectivity index (χ0v) is 10.4. The van der Waals surface area contributed by atoms with Crippen molar-refractivity contribution >= 4 is 5.91 Å². The summed E-state index contributed by atoms with van der Waals surface area (Å²) in [6.45, 7) is 5.34. The van der Waals surface area contributed by atoms with Crippen molar-refractivity contribution < 1.29 is 4.79 Å². The quantitative estimate of drug-likeness (QED) is 0.792. The first kappa shape index (κ1) is 11.9. The third kappa shape index (κ3) is 3.21. The van der Waals surface area contributed by atoms with Crippen LogP contribution >= 0.6 is 0 Å². The molecule has 1 amide bonds. The maximum absolute atomic E-state index is 11.9. The first-order valence-electron chi connectivity index (χ1n) is 6.77. The minimum Gasteiger partial charge on any atom is -0.342 e. The molecule has 0 saturated carbocycles. The summed E-state index contributed by atoms with van der Waals surface area (Å²) in [4.78, 5) is 14.0. The second-order valence-corrected chi connectivity index (χ2v) is 5.42. The smallest absolute Gasteiger partial charge is 0.222 e. The molecule has 2 rings (SSSR count). The summed E-state index contributed by atoms with van der Waals surface area (Å²) in [5, 5.41) is 3.50. The second kappa shape index (κ2) is 5.67. The van der Waals surface area contributed by atoms with Crippen LogP contribution in [0.5, 0.6) is 0 Å². The predicted octanol–water partition coefficient (Wildman–Crippen LogP) is 1.78. The largest absolute Gasteiger partial charge is 0.342 e. The molecule has 0 aromatic carbocycles. The van der Waals surface area contributed by atoms with E-state index in [1.54, 1.807) is 0 Å². The van der Waals surface area contributed by atoms with Gasteiger partial charge in [-0.15, -0.1) is 0 Å². The van der Waals surface area contributed by atoms with Crippen LogP contribution in [-0.2, 0) is 4.79 Å². The average Bonchev–Trinajstić information content (AvgIpc) is 2.74. The number of hydrogen-bond donors (Lipinski definition) is 1. The number of amides is 1. The Morgan fingerprint density at radius 1 is 1.38 bits per heavy atom. The van der Waals surface area contributed by atoms with Gasteiger partial charge in [0, 0.05) is 25.6 Å². The molecule has 1 N–H and O–H groups in total. The Hall–Kier alpha value is -0.570. The van der Waals surface area contributed by atoms with Crippen LogP contribution < -0.4 is 5.32 Å². The van der Waals surface area contributed by atoms with Crippen LogP contribution in [0.1, 0.15) is 45.4 Å². The molecular formula is C13H24N2O. The molecule has 92 valence electrons. The normalized spacial score (nSPS) is 30.7. The van der Waals surface area contributed by atoms with E-state index in [1.165, 1.54) is 25.7 Å². The number of nitrogens with zero attached hydrogens (tertiary/aromatic N) is 1. The van der Waals surface area contributed by atoms with E-state index in [4.69, 9.17) is 0 Å². The van der Waals surface area contributed by atoms with Crippen molar-refractivity contribution in [3.05, 3.63) is 0 Å². The number of rotatable bonds is 3. The van der Waals surface area contributed by atoms with Gasteiger partial charge in [0.05, 0.1) is 0 Å². The van der Waals surface area contributed by atoms with Crippen molar-refractivity contribution in [3.63, 3.8) is 0 Å². The van der Waals surface area contributed by atoms with E-state index in [-0.39, 0.29) is 0 Å². The highest BCUT2D eigenvalue weighted by Crippen LogP contribution is 2.18. The van der Waals surface area contributed by atoms with Gasteiger partial charge in [-0.1, -0.05) is 13.3 Å². The van der Waals surface area contributed by atoms with Crippen LogP contribution in [0.15, 0.2) is 0 Å². The molecule has 2 heterocycles. The minimum absolute atomic E-state index is 0.372. The summed E-state index contributed by atoms with van der Waals surface area (Å²) in [5.74, 6) is 1.08. The number of piperidine rings is 1. The van der Waals surface area contributed by atoms with Gasteiger partial charge in [-0.2, -0.15) is 0 Å². The maximum Gasteiger partial charge on any atom is 0.222 e. The van der Waals surface area contributed by atoms with Gasteiger partial charge in [0.1, 0.15) is 0 Å². The zero-order valence-electron chi connectivity index (χ0n) is 10.4. The molecule has 16 heavy (non-hydrogen) atoms. The fraction of sp³-hybridized carbons (Fsp3) is 0.923. The van der Waals surface area contributed by atoms with E-state index >= 15 is 0 Å². The molecular weight excluding hydrogens is 200 g/mol. The molecule has 2 atom stereocenters. The number of likely N-dealkylation sites (tertiary alicyclic amines) is 1. The maximum atomic E-state index is 11.9. The minimum atomic E-state index is 0.372. The average molecular weight is 224 g/mol. The number of hydrogen-bond acceptors (Lipinski definition) is 2. The summed E-state index contributed by atoms with van der Waals surface area (Å²) >= 11 is 0. The summed E-state index contributed by atoms with van der Waals surface area (Å²) in [6, 6.07) is 0.595. The first-order valence-corrected chi connectivity index (χ1v) is 6.77. The predicted molar refractivity (Wildman–Crippen MR) is 65.2 cm³/mol. The topological polar surface area (TPSA) is 32.3 Å². The van der Waals surface area contributed by atoms with Crippen molar-refractivity contribution in [3.8, 4) is 0 Å². The molecule has 0 aromatic rings. The van der Waals surface area contributed by atoms with Crippen molar-refractivity contribution in [2.45, 2.75) is 51.5 Å². The van der Waals surface area contributed by atoms with Crippen LogP contribution in [0, 0.1) is 5.92 Å². The third-order valence-electron chi connectivity index (χ3n) is 3.90. The lowest BCUT2D eigenvalue weighted by atomic mass is 10.0. The molecule has 0 bridgehead atoms. The fourth-order valence-corrected chi connectivity index (χ4v) is 2.79. The van der Waals surface area contributed by atoms with Gasteiger partial charge in [-0.25, -0.2) is 0 Å². The van der Waals surface area contributed by atoms with E-state index in [1.807, 2.05) is 4.90 Å². The molecule has 0 aliphatic carbocycles. The summed E-state index contributed by atoms with van der Waals surface area (Å²) in [5.41, 5.74) is 0. The zero-order chi connectivity index (χ0) is 11.4. The van der Waals surface area contributed by atoms with E-state index in [2.05, 4.69) is 12.2 Å². The van der Waals surface area contributed by atoms with Crippen molar-refractivity contribution in [2.75, 3.05) is 19.6 Å². The van der Waals surface area contributed by atoms with Crippen LogP contribution in [0.2, 0.25) is 0 Å². The van der Waals surface area contributed by atoms with Gasteiger partial charge < -0.3 is 10.2 Å². The highest BCUT2D eigenvalue weighted by molar-refractivity contribution is 5.76. The Kier molecular flexibility index (Phi) is 4.22. The molecule has 3 heteroatoms. The van der Waals surface area contributed by atoms with Gasteiger partial charge >= 0.3 is 0 Å². The second-order valence-electron chi connectivity index (χ2n) is 5.42. The Labute approximate surface area is 98.6 Å². The van der Waals surface area contributed by atoms with Crippen LogP contribution in [-0.4, -0.2) is 36.5 Å². The lowest BCUT2D eigenvalue weighted by Gasteiger charge is -2.24. The van der Waals surface area contributed by atoms with E-state index in [0.717, 1.165) is 32.5 Å². The SMILES string of the molecule is CC1CCN(C(=O)CCC2CCCCN2)C1. The fourth-order valence-electron chi connectivity index (χ4n) is 2.79. The van der Waals surface area contributed by atoms with Gasteiger partial charge in [0.15, 0.2) is 0 Å². The summed E-state index contributed by atoms with van der Waals surface area (Å²) < 4.78 is 0. The molecule has 3 nitrogen and oxygen atoms in total. The lowest BCUT2D eigenvalue weighted by Crippen LogP contribution is -2.36. The van der Waals surface area contributed by atoms with Crippen molar-refractivity contribution in [1.82, 2.24) is 10.2 Å². The van der Waals surface area contributed by atoms with Gasteiger partial charge in [0.25, 0.3) is 0 Å². The van der Waals surface area contributed by atoms with Gasteiger partial charge in [0.2, 0.25) is 5.91 Å². The van der Waals surface area contributed by atoms with Crippen molar-refractivity contribution in [1.29, 1.82) is 0 Å². The van der Waals surface area contributed by atoms with Crippen molar-refractivity contribution in [2.24, 2.45) is 5.92 Å². The highest BCUT2D eigenvalue weighted by atomic mass is 16.2. The molecule has 0 spiro atoms. The van der Waals surface area contributed by atoms with Gasteiger partial charge in [-0.3, -0.25) is 4.79 Å². The van der Waals surface area contributed by atoms with E-state index < -0.39 is 0 Å².